The van der Waals surface area contributed by atoms with Gasteiger partial charge < -0.3 is 15.0 Å². The summed E-state index contributed by atoms with van der Waals surface area (Å²) in [4.78, 5) is 23.1. The van der Waals surface area contributed by atoms with Crippen molar-refractivity contribution in [2.24, 2.45) is 0 Å². The van der Waals surface area contributed by atoms with E-state index in [0.29, 0.717) is 11.6 Å². The van der Waals surface area contributed by atoms with E-state index in [-0.39, 0.29) is 5.56 Å². The highest BCUT2D eigenvalue weighted by molar-refractivity contribution is 6.04. The average molecular weight is 418 g/mol. The summed E-state index contributed by atoms with van der Waals surface area (Å²) in [7, 11) is 0. The molecular formula is C19H17F3N6O2. The van der Waals surface area contributed by atoms with Gasteiger partial charge in [0.15, 0.2) is 0 Å². The Morgan fingerprint density at radius 3 is 2.33 bits per heavy atom. The first kappa shape index (κ1) is 19.7. The number of halogens is 3. The molecule has 0 aliphatic carbocycles. The lowest BCUT2D eigenvalue weighted by atomic mass is 10.2. The number of ether oxygens (including phenoxy) is 1. The van der Waals surface area contributed by atoms with Crippen LogP contribution in [0.3, 0.4) is 0 Å². The average Bonchev–Trinajstić information content (AvgIpc) is 3.40. The third kappa shape index (κ3) is 4.67. The molecule has 1 saturated heterocycles. The molecular weight excluding hydrogens is 401 g/mol. The predicted molar refractivity (Wildman–Crippen MR) is 102 cm³/mol. The van der Waals surface area contributed by atoms with Gasteiger partial charge in [-0.2, -0.15) is 5.10 Å². The van der Waals surface area contributed by atoms with Gasteiger partial charge in [-0.1, -0.05) is 0 Å². The molecule has 1 fully saturated rings. The van der Waals surface area contributed by atoms with Crippen molar-refractivity contribution in [3.63, 3.8) is 0 Å². The molecule has 1 amide bonds. The number of alkyl halides is 3. The highest BCUT2D eigenvalue weighted by Gasteiger charge is 2.31. The zero-order chi connectivity index (χ0) is 21.1. The zero-order valence-corrected chi connectivity index (χ0v) is 15.6. The van der Waals surface area contributed by atoms with Crippen LogP contribution in [-0.4, -0.2) is 45.1 Å². The van der Waals surface area contributed by atoms with Gasteiger partial charge in [-0.25, -0.2) is 14.6 Å². The molecule has 0 atom stereocenters. The summed E-state index contributed by atoms with van der Waals surface area (Å²) in [5, 5.41) is 6.76. The highest BCUT2D eigenvalue weighted by atomic mass is 19.4. The number of anilines is 2. The maximum absolute atomic E-state index is 12.3. The number of benzene rings is 1. The van der Waals surface area contributed by atoms with Gasteiger partial charge in [0.05, 0.1) is 36.2 Å². The molecule has 8 nitrogen and oxygen atoms in total. The van der Waals surface area contributed by atoms with Crippen molar-refractivity contribution in [3.8, 4) is 11.7 Å². The van der Waals surface area contributed by atoms with Crippen LogP contribution in [-0.2, 0) is 0 Å². The smallest absolute Gasteiger partial charge is 0.406 e. The number of carbonyl (C=O) groups is 1. The van der Waals surface area contributed by atoms with Crippen LogP contribution in [0, 0.1) is 0 Å². The van der Waals surface area contributed by atoms with E-state index in [0.717, 1.165) is 43.8 Å². The standard InChI is InChI=1S/C19H17F3N6O2/c20-19(21,22)30-16-5-3-13(4-6-16)17(29)26-14-9-25-28(12-14)18-23-10-15(11-24-18)27-7-1-2-8-27/h3-6,9-12H,1-2,7-8H2,(H,26,29). The molecule has 0 radical (unpaired) electrons. The molecule has 11 heteroatoms. The van der Waals surface area contributed by atoms with Crippen molar-refractivity contribution in [2.45, 2.75) is 19.2 Å². The summed E-state index contributed by atoms with van der Waals surface area (Å²) in [6.07, 6.45) is 3.97. The lowest BCUT2D eigenvalue weighted by Gasteiger charge is -2.16. The third-order valence-corrected chi connectivity index (χ3v) is 4.49. The number of nitrogens with zero attached hydrogens (tertiary/aromatic N) is 5. The molecule has 3 aromatic rings. The van der Waals surface area contributed by atoms with Crippen LogP contribution in [0.15, 0.2) is 49.1 Å². The summed E-state index contributed by atoms with van der Waals surface area (Å²) in [6, 6.07) is 4.62. The minimum atomic E-state index is -4.78. The van der Waals surface area contributed by atoms with E-state index in [4.69, 9.17) is 0 Å². The number of carbonyl (C=O) groups excluding carboxylic acids is 1. The monoisotopic (exact) mass is 418 g/mol. The first-order valence-corrected chi connectivity index (χ1v) is 9.17. The van der Waals surface area contributed by atoms with Crippen LogP contribution in [0.5, 0.6) is 5.75 Å². The Morgan fingerprint density at radius 2 is 1.70 bits per heavy atom. The molecule has 3 heterocycles. The van der Waals surface area contributed by atoms with Crippen LogP contribution in [0.2, 0.25) is 0 Å². The first-order chi connectivity index (χ1) is 14.4. The molecule has 1 N–H and O–H groups in total. The van der Waals surface area contributed by atoms with Crippen LogP contribution in [0.1, 0.15) is 23.2 Å². The molecule has 0 spiro atoms. The molecule has 4 rings (SSSR count). The van der Waals surface area contributed by atoms with E-state index in [1.165, 1.54) is 23.0 Å². The fourth-order valence-corrected chi connectivity index (χ4v) is 3.08. The number of hydrogen-bond donors (Lipinski definition) is 1. The van der Waals surface area contributed by atoms with Crippen molar-refractivity contribution in [2.75, 3.05) is 23.3 Å². The Labute approximate surface area is 169 Å². The number of aromatic nitrogens is 4. The van der Waals surface area contributed by atoms with Crippen molar-refractivity contribution >= 4 is 17.3 Å². The molecule has 0 saturated carbocycles. The van der Waals surface area contributed by atoms with Crippen molar-refractivity contribution in [1.82, 2.24) is 19.7 Å². The summed E-state index contributed by atoms with van der Waals surface area (Å²) < 4.78 is 41.8. The second-order valence-corrected chi connectivity index (χ2v) is 6.64. The Bertz CT molecular complexity index is 1010. The van der Waals surface area contributed by atoms with Crippen molar-refractivity contribution in [3.05, 3.63) is 54.6 Å². The second-order valence-electron chi connectivity index (χ2n) is 6.64. The lowest BCUT2D eigenvalue weighted by molar-refractivity contribution is -0.274. The molecule has 1 aliphatic rings. The number of nitrogens with one attached hydrogen (secondary N) is 1. The summed E-state index contributed by atoms with van der Waals surface area (Å²) in [5.41, 5.74) is 1.52. The Kier molecular flexibility index (Phi) is 5.25. The molecule has 156 valence electrons. The quantitative estimate of drug-likeness (QED) is 0.684. The molecule has 0 unspecified atom stereocenters. The summed E-state index contributed by atoms with van der Waals surface area (Å²) in [6.45, 7) is 1.98. The maximum Gasteiger partial charge on any atom is 0.573 e. The van der Waals surface area contributed by atoms with Gasteiger partial charge in [0.1, 0.15) is 5.75 Å². The fraction of sp³-hybridized carbons (Fsp3) is 0.263. The van der Waals surface area contributed by atoms with Gasteiger partial charge in [0, 0.05) is 18.7 Å². The first-order valence-electron chi connectivity index (χ1n) is 9.17. The SMILES string of the molecule is O=C(Nc1cnn(-c2ncc(N3CCCC3)cn2)c1)c1ccc(OC(F)(F)F)cc1. The van der Waals surface area contributed by atoms with Gasteiger partial charge in [-0.05, 0) is 37.1 Å². The minimum Gasteiger partial charge on any atom is -0.406 e. The molecule has 1 aromatic carbocycles. The summed E-state index contributed by atoms with van der Waals surface area (Å²) >= 11 is 0. The van der Waals surface area contributed by atoms with E-state index in [1.807, 2.05) is 0 Å². The van der Waals surface area contributed by atoms with Gasteiger partial charge in [0.25, 0.3) is 11.9 Å². The van der Waals surface area contributed by atoms with E-state index in [1.54, 1.807) is 18.6 Å². The second kappa shape index (κ2) is 8.01. The molecule has 1 aliphatic heterocycles. The number of rotatable bonds is 5. The van der Waals surface area contributed by atoms with E-state index >= 15 is 0 Å². The predicted octanol–water partition coefficient (Wildman–Crippen LogP) is 3.41. The third-order valence-electron chi connectivity index (χ3n) is 4.49. The normalized spacial score (nSPS) is 14.0. The zero-order valence-electron chi connectivity index (χ0n) is 15.6. The van der Waals surface area contributed by atoms with E-state index < -0.39 is 18.0 Å². The van der Waals surface area contributed by atoms with Crippen molar-refractivity contribution in [1.29, 1.82) is 0 Å². The molecule has 0 bridgehead atoms. The van der Waals surface area contributed by atoms with E-state index in [2.05, 4.69) is 30.0 Å². The maximum atomic E-state index is 12.3. The molecule has 30 heavy (non-hydrogen) atoms. The van der Waals surface area contributed by atoms with Gasteiger partial charge >= 0.3 is 6.36 Å². The highest BCUT2D eigenvalue weighted by Crippen LogP contribution is 2.23. The van der Waals surface area contributed by atoms with Gasteiger partial charge in [-0.15, -0.1) is 13.2 Å². The molecule has 2 aromatic heterocycles. The minimum absolute atomic E-state index is 0.170. The van der Waals surface area contributed by atoms with E-state index in [9.17, 15) is 18.0 Å². The Morgan fingerprint density at radius 1 is 1.03 bits per heavy atom. The van der Waals surface area contributed by atoms with Crippen LogP contribution >= 0.6 is 0 Å². The van der Waals surface area contributed by atoms with Gasteiger partial charge in [-0.3, -0.25) is 4.79 Å². The van der Waals surface area contributed by atoms with Gasteiger partial charge in [0.2, 0.25) is 0 Å². The number of hydrogen-bond acceptors (Lipinski definition) is 6. The van der Waals surface area contributed by atoms with Crippen LogP contribution < -0.4 is 15.0 Å². The van der Waals surface area contributed by atoms with Crippen LogP contribution in [0.4, 0.5) is 24.5 Å². The Hall–Kier alpha value is -3.63. The topological polar surface area (TPSA) is 85.2 Å². The lowest BCUT2D eigenvalue weighted by Crippen LogP contribution is -2.18. The Balaban J connectivity index is 1.39. The summed E-state index contributed by atoms with van der Waals surface area (Å²) in [5.74, 6) is -0.549. The number of amides is 1. The van der Waals surface area contributed by atoms with Crippen LogP contribution in [0.25, 0.3) is 5.95 Å². The fourth-order valence-electron chi connectivity index (χ4n) is 3.08. The van der Waals surface area contributed by atoms with Crippen molar-refractivity contribution < 1.29 is 22.7 Å². The largest absolute Gasteiger partial charge is 0.573 e.